The highest BCUT2D eigenvalue weighted by Crippen LogP contribution is 2.33. The molecule has 1 aromatic carbocycles. The number of nitrogens with zero attached hydrogens (tertiary/aromatic N) is 1. The molecule has 1 aromatic rings. The summed E-state index contributed by atoms with van der Waals surface area (Å²) in [7, 11) is 5.10. The summed E-state index contributed by atoms with van der Waals surface area (Å²) in [5, 5.41) is 3.37. The second kappa shape index (κ2) is 7.47. The third kappa shape index (κ3) is 3.42. The van der Waals surface area contributed by atoms with E-state index >= 15 is 0 Å². The average molecular weight is 280 g/mol. The second-order valence-electron chi connectivity index (χ2n) is 4.90. The van der Waals surface area contributed by atoms with Crippen LogP contribution in [0.15, 0.2) is 12.1 Å². The van der Waals surface area contributed by atoms with Crippen LogP contribution in [-0.4, -0.2) is 52.4 Å². The predicted molar refractivity (Wildman–Crippen MR) is 78.4 cm³/mol. The third-order valence-corrected chi connectivity index (χ3v) is 3.61. The summed E-state index contributed by atoms with van der Waals surface area (Å²) >= 11 is 0. The minimum Gasteiger partial charge on any atom is -0.496 e. The topological polar surface area (TPSA) is 43.0 Å². The van der Waals surface area contributed by atoms with E-state index in [0.29, 0.717) is 6.61 Å². The Morgan fingerprint density at radius 3 is 2.45 bits per heavy atom. The van der Waals surface area contributed by atoms with Crippen molar-refractivity contribution < 1.29 is 14.2 Å². The monoisotopic (exact) mass is 280 g/mol. The number of methoxy groups -OCH3 is 3. The summed E-state index contributed by atoms with van der Waals surface area (Å²) in [6.45, 7) is 5.53. The largest absolute Gasteiger partial charge is 0.496 e. The van der Waals surface area contributed by atoms with Gasteiger partial charge in [0.05, 0.1) is 26.4 Å². The molecule has 0 spiro atoms. The lowest BCUT2D eigenvalue weighted by molar-refractivity contribution is 0.180. The Kier molecular flexibility index (Phi) is 5.64. The molecule has 5 heteroatoms. The number of nitrogens with one attached hydrogen (secondary N) is 1. The maximum atomic E-state index is 5.61. The van der Waals surface area contributed by atoms with Crippen molar-refractivity contribution in [3.05, 3.63) is 23.3 Å². The molecule has 5 nitrogen and oxygen atoms in total. The molecule has 20 heavy (non-hydrogen) atoms. The molecule has 0 radical (unpaired) electrons. The van der Waals surface area contributed by atoms with Gasteiger partial charge in [0.15, 0.2) is 0 Å². The Hall–Kier alpha value is -1.30. The maximum Gasteiger partial charge on any atom is 0.132 e. The van der Waals surface area contributed by atoms with Crippen molar-refractivity contribution in [2.75, 3.05) is 47.5 Å². The van der Waals surface area contributed by atoms with Gasteiger partial charge >= 0.3 is 0 Å². The Morgan fingerprint density at radius 1 is 1.10 bits per heavy atom. The van der Waals surface area contributed by atoms with Gasteiger partial charge in [-0.25, -0.2) is 0 Å². The quantitative estimate of drug-likeness (QED) is 0.849. The first-order chi connectivity index (χ1) is 9.80. The van der Waals surface area contributed by atoms with Gasteiger partial charge in [-0.2, -0.15) is 0 Å². The highest BCUT2D eigenvalue weighted by atomic mass is 16.5. The van der Waals surface area contributed by atoms with Gasteiger partial charge < -0.3 is 19.5 Å². The van der Waals surface area contributed by atoms with Crippen molar-refractivity contribution >= 4 is 0 Å². The SMILES string of the molecule is COCc1ccc(OC)c(CN2CCNCC2)c1OC. The van der Waals surface area contributed by atoms with E-state index in [4.69, 9.17) is 14.2 Å². The molecule has 2 rings (SSSR count). The summed E-state index contributed by atoms with van der Waals surface area (Å²) in [5.41, 5.74) is 2.16. The molecule has 0 aromatic heterocycles. The molecule has 1 aliphatic rings. The van der Waals surface area contributed by atoms with Crippen LogP contribution in [0.4, 0.5) is 0 Å². The Labute approximate surface area is 120 Å². The van der Waals surface area contributed by atoms with E-state index in [9.17, 15) is 0 Å². The Bertz CT molecular complexity index is 431. The number of hydrogen-bond acceptors (Lipinski definition) is 5. The normalized spacial score (nSPS) is 16.1. The van der Waals surface area contributed by atoms with Crippen molar-refractivity contribution in [2.45, 2.75) is 13.2 Å². The lowest BCUT2D eigenvalue weighted by Gasteiger charge is -2.28. The Balaban J connectivity index is 2.28. The zero-order valence-corrected chi connectivity index (χ0v) is 12.6. The molecule has 1 N–H and O–H groups in total. The summed E-state index contributed by atoms with van der Waals surface area (Å²) in [6.07, 6.45) is 0. The lowest BCUT2D eigenvalue weighted by atomic mass is 10.1. The van der Waals surface area contributed by atoms with E-state index in [1.807, 2.05) is 12.1 Å². The molecular weight excluding hydrogens is 256 g/mol. The molecule has 1 aliphatic heterocycles. The molecule has 0 amide bonds. The van der Waals surface area contributed by atoms with Crippen LogP contribution in [0.2, 0.25) is 0 Å². The zero-order chi connectivity index (χ0) is 14.4. The van der Waals surface area contributed by atoms with Gasteiger partial charge in [0.1, 0.15) is 11.5 Å². The zero-order valence-electron chi connectivity index (χ0n) is 12.6. The maximum absolute atomic E-state index is 5.61. The molecule has 0 aliphatic carbocycles. The van der Waals surface area contributed by atoms with Gasteiger partial charge in [-0.1, -0.05) is 0 Å². The van der Waals surface area contributed by atoms with Gasteiger partial charge in [0, 0.05) is 45.4 Å². The lowest BCUT2D eigenvalue weighted by Crippen LogP contribution is -2.43. The van der Waals surface area contributed by atoms with Crippen LogP contribution in [-0.2, 0) is 17.9 Å². The van der Waals surface area contributed by atoms with Crippen LogP contribution in [0.5, 0.6) is 11.5 Å². The van der Waals surface area contributed by atoms with Crippen LogP contribution >= 0.6 is 0 Å². The molecule has 1 saturated heterocycles. The van der Waals surface area contributed by atoms with Crippen LogP contribution in [0.1, 0.15) is 11.1 Å². The molecule has 0 unspecified atom stereocenters. The first-order valence-electron chi connectivity index (χ1n) is 6.95. The fourth-order valence-electron chi connectivity index (χ4n) is 2.62. The number of ether oxygens (including phenoxy) is 3. The standard InChI is InChI=1S/C15H24N2O3/c1-18-11-12-4-5-14(19-2)13(15(12)20-3)10-17-8-6-16-7-9-17/h4-5,16H,6-11H2,1-3H3. The fraction of sp³-hybridized carbons (Fsp3) is 0.600. The molecule has 112 valence electrons. The second-order valence-corrected chi connectivity index (χ2v) is 4.90. The molecule has 0 atom stereocenters. The van der Waals surface area contributed by atoms with Crippen LogP contribution < -0.4 is 14.8 Å². The average Bonchev–Trinajstić information content (AvgIpc) is 2.49. The van der Waals surface area contributed by atoms with E-state index in [0.717, 1.165) is 55.3 Å². The van der Waals surface area contributed by atoms with E-state index in [2.05, 4.69) is 10.2 Å². The van der Waals surface area contributed by atoms with E-state index in [-0.39, 0.29) is 0 Å². The molecule has 0 bridgehead atoms. The first kappa shape index (κ1) is 15.1. The number of hydrogen-bond donors (Lipinski definition) is 1. The minimum absolute atomic E-state index is 0.543. The molecule has 1 fully saturated rings. The number of piperazine rings is 1. The van der Waals surface area contributed by atoms with Crippen LogP contribution in [0, 0.1) is 0 Å². The first-order valence-corrected chi connectivity index (χ1v) is 6.95. The van der Waals surface area contributed by atoms with Crippen molar-refractivity contribution in [1.82, 2.24) is 10.2 Å². The molecular formula is C15H24N2O3. The third-order valence-electron chi connectivity index (χ3n) is 3.61. The van der Waals surface area contributed by atoms with Crippen LogP contribution in [0.25, 0.3) is 0 Å². The fourth-order valence-corrected chi connectivity index (χ4v) is 2.62. The number of rotatable bonds is 6. The van der Waals surface area contributed by atoms with E-state index in [1.165, 1.54) is 0 Å². The highest BCUT2D eigenvalue weighted by molar-refractivity contribution is 5.50. The summed E-state index contributed by atoms with van der Waals surface area (Å²) < 4.78 is 16.4. The smallest absolute Gasteiger partial charge is 0.132 e. The Morgan fingerprint density at radius 2 is 1.85 bits per heavy atom. The molecule has 0 saturated carbocycles. The minimum atomic E-state index is 0.543. The van der Waals surface area contributed by atoms with Crippen molar-refractivity contribution in [3.8, 4) is 11.5 Å². The van der Waals surface area contributed by atoms with Crippen molar-refractivity contribution in [3.63, 3.8) is 0 Å². The van der Waals surface area contributed by atoms with E-state index in [1.54, 1.807) is 21.3 Å². The van der Waals surface area contributed by atoms with Gasteiger partial charge in [0.25, 0.3) is 0 Å². The summed E-state index contributed by atoms with van der Waals surface area (Å²) in [5.74, 6) is 1.75. The van der Waals surface area contributed by atoms with Gasteiger partial charge in [-0.15, -0.1) is 0 Å². The van der Waals surface area contributed by atoms with Crippen molar-refractivity contribution in [2.24, 2.45) is 0 Å². The number of benzene rings is 1. The van der Waals surface area contributed by atoms with Crippen LogP contribution in [0.3, 0.4) is 0 Å². The van der Waals surface area contributed by atoms with E-state index < -0.39 is 0 Å². The summed E-state index contributed by atoms with van der Waals surface area (Å²) in [6, 6.07) is 4.00. The highest BCUT2D eigenvalue weighted by Gasteiger charge is 2.19. The van der Waals surface area contributed by atoms with Crippen molar-refractivity contribution in [1.29, 1.82) is 0 Å². The summed E-state index contributed by atoms with van der Waals surface area (Å²) in [4.78, 5) is 2.41. The predicted octanol–water partition coefficient (Wildman–Crippen LogP) is 1.26. The molecule has 1 heterocycles. The van der Waals surface area contributed by atoms with Gasteiger partial charge in [-0.05, 0) is 12.1 Å². The van der Waals surface area contributed by atoms with Gasteiger partial charge in [0.2, 0.25) is 0 Å². The van der Waals surface area contributed by atoms with Gasteiger partial charge in [-0.3, -0.25) is 4.90 Å².